The van der Waals surface area contributed by atoms with Crippen LogP contribution in [0.1, 0.15) is 17.0 Å². The molecule has 0 unspecified atom stereocenters. The molecule has 2 aromatic rings. The van der Waals surface area contributed by atoms with Crippen LogP contribution in [0.3, 0.4) is 0 Å². The van der Waals surface area contributed by atoms with Gasteiger partial charge >= 0.3 is 6.03 Å². The minimum atomic E-state index is -0.170. The molecule has 2 aromatic heterocycles. The van der Waals surface area contributed by atoms with Crippen molar-refractivity contribution in [3.05, 3.63) is 41.7 Å². The maximum atomic E-state index is 11.8. The first-order chi connectivity index (χ1) is 8.65. The van der Waals surface area contributed by atoms with Crippen molar-refractivity contribution in [1.82, 2.24) is 15.4 Å². The second-order valence-corrected chi connectivity index (χ2v) is 4.08. The molecule has 18 heavy (non-hydrogen) atoms. The fourth-order valence-electron chi connectivity index (χ4n) is 1.51. The van der Waals surface area contributed by atoms with Gasteiger partial charge in [-0.25, -0.2) is 4.79 Å². The Morgan fingerprint density at radius 2 is 2.39 bits per heavy atom. The fraction of sp³-hybridized carbons (Fsp3) is 0.333. The fourth-order valence-corrected chi connectivity index (χ4v) is 1.51. The van der Waals surface area contributed by atoms with Crippen LogP contribution >= 0.6 is 0 Å². The lowest BCUT2D eigenvalue weighted by Gasteiger charge is -2.15. The molecule has 2 amide bonds. The number of nitrogens with zero attached hydrogens (tertiary/aromatic N) is 2. The highest BCUT2D eigenvalue weighted by Gasteiger charge is 2.11. The summed E-state index contributed by atoms with van der Waals surface area (Å²) in [5.74, 6) is 0.734. The van der Waals surface area contributed by atoms with E-state index in [1.54, 1.807) is 31.7 Å². The Hall–Kier alpha value is -2.24. The number of hydrogen-bond acceptors (Lipinski definition) is 4. The lowest BCUT2D eigenvalue weighted by molar-refractivity contribution is 0.205. The Morgan fingerprint density at radius 1 is 1.56 bits per heavy atom. The number of amides is 2. The Bertz CT molecular complexity index is 504. The number of furan rings is 1. The van der Waals surface area contributed by atoms with Crippen LogP contribution in [0.25, 0.3) is 0 Å². The van der Waals surface area contributed by atoms with Gasteiger partial charge in [0.2, 0.25) is 0 Å². The van der Waals surface area contributed by atoms with E-state index in [-0.39, 0.29) is 6.03 Å². The van der Waals surface area contributed by atoms with Crippen molar-refractivity contribution in [2.24, 2.45) is 0 Å². The highest BCUT2D eigenvalue weighted by atomic mass is 16.5. The normalized spacial score (nSPS) is 10.3. The van der Waals surface area contributed by atoms with E-state index in [4.69, 9.17) is 8.94 Å². The summed E-state index contributed by atoms with van der Waals surface area (Å²) >= 11 is 0. The number of rotatable bonds is 4. The summed E-state index contributed by atoms with van der Waals surface area (Å²) in [7, 11) is 1.70. The van der Waals surface area contributed by atoms with Crippen molar-refractivity contribution in [2.75, 3.05) is 7.05 Å². The molecule has 1 N–H and O–H groups in total. The van der Waals surface area contributed by atoms with Crippen molar-refractivity contribution in [1.29, 1.82) is 0 Å². The van der Waals surface area contributed by atoms with Gasteiger partial charge in [-0.1, -0.05) is 5.16 Å². The Kier molecular flexibility index (Phi) is 3.66. The van der Waals surface area contributed by atoms with E-state index in [0.29, 0.717) is 13.1 Å². The highest BCUT2D eigenvalue weighted by Crippen LogP contribution is 2.05. The third kappa shape index (κ3) is 3.13. The third-order valence-corrected chi connectivity index (χ3v) is 2.45. The molecule has 0 bridgehead atoms. The van der Waals surface area contributed by atoms with Gasteiger partial charge in [-0.05, 0) is 13.0 Å². The number of carbonyl (C=O) groups excluding carboxylic acids is 1. The molecule has 6 heteroatoms. The van der Waals surface area contributed by atoms with Gasteiger partial charge in [0.05, 0.1) is 19.1 Å². The number of nitrogens with one attached hydrogen (secondary N) is 1. The molecule has 0 aliphatic heterocycles. The molecule has 0 radical (unpaired) electrons. The van der Waals surface area contributed by atoms with Crippen molar-refractivity contribution in [3.63, 3.8) is 0 Å². The molecule has 0 saturated carbocycles. The molecule has 0 spiro atoms. The molecule has 2 heterocycles. The molecule has 0 aliphatic rings. The van der Waals surface area contributed by atoms with E-state index < -0.39 is 0 Å². The highest BCUT2D eigenvalue weighted by molar-refractivity contribution is 5.73. The molecule has 6 nitrogen and oxygen atoms in total. The molecule has 0 aromatic carbocycles. The maximum Gasteiger partial charge on any atom is 0.317 e. The van der Waals surface area contributed by atoms with Crippen molar-refractivity contribution >= 4 is 6.03 Å². The summed E-state index contributed by atoms with van der Waals surface area (Å²) in [5.41, 5.74) is 1.66. The largest absolute Gasteiger partial charge is 0.472 e. The molecule has 0 aliphatic carbocycles. The third-order valence-electron chi connectivity index (χ3n) is 2.45. The summed E-state index contributed by atoms with van der Waals surface area (Å²) in [4.78, 5) is 13.3. The first-order valence-corrected chi connectivity index (χ1v) is 5.57. The first kappa shape index (κ1) is 12.2. The average Bonchev–Trinajstić information content (AvgIpc) is 2.97. The van der Waals surface area contributed by atoms with Gasteiger partial charge < -0.3 is 19.2 Å². The van der Waals surface area contributed by atoms with Crippen LogP contribution in [-0.4, -0.2) is 23.1 Å². The standard InChI is InChI=1S/C12H15N3O3/c1-9-5-11(14-18-9)7-15(2)12(16)13-6-10-3-4-17-8-10/h3-5,8H,6-7H2,1-2H3,(H,13,16). The van der Waals surface area contributed by atoms with Crippen LogP contribution in [0.15, 0.2) is 33.6 Å². The van der Waals surface area contributed by atoms with Gasteiger partial charge in [-0.3, -0.25) is 0 Å². The predicted octanol–water partition coefficient (Wildman–Crippen LogP) is 1.92. The summed E-state index contributed by atoms with van der Waals surface area (Å²) in [6.45, 7) is 2.67. The van der Waals surface area contributed by atoms with Crippen LogP contribution in [0, 0.1) is 6.92 Å². The van der Waals surface area contributed by atoms with E-state index in [9.17, 15) is 4.79 Å². The quantitative estimate of drug-likeness (QED) is 0.898. The zero-order valence-electron chi connectivity index (χ0n) is 10.3. The van der Waals surface area contributed by atoms with Crippen LogP contribution in [-0.2, 0) is 13.1 Å². The molecule has 96 valence electrons. The van der Waals surface area contributed by atoms with E-state index in [2.05, 4.69) is 10.5 Å². The van der Waals surface area contributed by atoms with E-state index in [1.165, 1.54) is 4.90 Å². The lowest BCUT2D eigenvalue weighted by atomic mass is 10.3. The van der Waals surface area contributed by atoms with E-state index in [1.807, 2.05) is 6.92 Å². The van der Waals surface area contributed by atoms with Crippen LogP contribution < -0.4 is 5.32 Å². The van der Waals surface area contributed by atoms with Crippen LogP contribution in [0.4, 0.5) is 4.79 Å². The van der Waals surface area contributed by atoms with Gasteiger partial charge in [0, 0.05) is 25.2 Å². The minimum Gasteiger partial charge on any atom is -0.472 e. The van der Waals surface area contributed by atoms with Gasteiger partial charge in [0.15, 0.2) is 0 Å². The number of aromatic nitrogens is 1. The molecule has 0 atom stereocenters. The summed E-state index contributed by atoms with van der Waals surface area (Å²) in [5, 5.41) is 6.62. The Balaban J connectivity index is 1.81. The zero-order valence-corrected chi connectivity index (χ0v) is 10.3. The number of urea groups is 1. The van der Waals surface area contributed by atoms with Crippen LogP contribution in [0.2, 0.25) is 0 Å². The monoisotopic (exact) mass is 249 g/mol. The summed E-state index contributed by atoms with van der Waals surface area (Å²) in [6, 6.07) is 3.44. The maximum absolute atomic E-state index is 11.8. The molecular formula is C12H15N3O3. The Morgan fingerprint density at radius 3 is 3.00 bits per heavy atom. The number of aryl methyl sites for hydroxylation is 1. The molecule has 0 saturated heterocycles. The number of carbonyl (C=O) groups is 1. The molecule has 0 fully saturated rings. The SMILES string of the molecule is Cc1cc(CN(C)C(=O)NCc2ccoc2)no1. The average molecular weight is 249 g/mol. The molecular weight excluding hydrogens is 234 g/mol. The minimum absolute atomic E-state index is 0.170. The zero-order chi connectivity index (χ0) is 13.0. The van der Waals surface area contributed by atoms with Gasteiger partial charge in [0.1, 0.15) is 11.5 Å². The van der Waals surface area contributed by atoms with Gasteiger partial charge in [-0.2, -0.15) is 0 Å². The smallest absolute Gasteiger partial charge is 0.317 e. The predicted molar refractivity (Wildman–Crippen MR) is 63.7 cm³/mol. The topological polar surface area (TPSA) is 71.5 Å². The van der Waals surface area contributed by atoms with Gasteiger partial charge in [0.25, 0.3) is 0 Å². The van der Waals surface area contributed by atoms with Crippen LogP contribution in [0.5, 0.6) is 0 Å². The van der Waals surface area contributed by atoms with E-state index >= 15 is 0 Å². The second-order valence-electron chi connectivity index (χ2n) is 4.08. The number of hydrogen-bond donors (Lipinski definition) is 1. The van der Waals surface area contributed by atoms with Crippen molar-refractivity contribution < 1.29 is 13.7 Å². The van der Waals surface area contributed by atoms with Gasteiger partial charge in [-0.15, -0.1) is 0 Å². The molecule has 2 rings (SSSR count). The van der Waals surface area contributed by atoms with Crippen molar-refractivity contribution in [3.8, 4) is 0 Å². The lowest BCUT2D eigenvalue weighted by Crippen LogP contribution is -2.36. The van der Waals surface area contributed by atoms with E-state index in [0.717, 1.165) is 17.0 Å². The first-order valence-electron chi connectivity index (χ1n) is 5.57. The second kappa shape index (κ2) is 5.39. The Labute approximate surface area is 105 Å². The summed E-state index contributed by atoms with van der Waals surface area (Å²) in [6.07, 6.45) is 3.17. The summed E-state index contributed by atoms with van der Waals surface area (Å²) < 4.78 is 9.86. The van der Waals surface area contributed by atoms with Crippen molar-refractivity contribution in [2.45, 2.75) is 20.0 Å².